The van der Waals surface area contributed by atoms with Gasteiger partial charge in [0.25, 0.3) is 0 Å². The average molecular weight is 240 g/mol. The van der Waals surface area contributed by atoms with Gasteiger partial charge in [0.2, 0.25) is 0 Å². The molecule has 0 aromatic rings. The molecule has 1 spiro atoms. The third-order valence-corrected chi connectivity index (χ3v) is 4.42. The monoisotopic (exact) mass is 240 g/mol. The van der Waals surface area contributed by atoms with Crippen LogP contribution in [0, 0.1) is 0 Å². The van der Waals surface area contributed by atoms with E-state index in [2.05, 4.69) is 10.2 Å². The summed E-state index contributed by atoms with van der Waals surface area (Å²) in [5, 5.41) is 3.47. The lowest BCUT2D eigenvalue weighted by molar-refractivity contribution is -0.183. The van der Waals surface area contributed by atoms with Crippen LogP contribution in [0.15, 0.2) is 0 Å². The van der Waals surface area contributed by atoms with Gasteiger partial charge in [-0.3, -0.25) is 4.90 Å². The first-order chi connectivity index (χ1) is 8.38. The highest BCUT2D eigenvalue weighted by Crippen LogP contribution is 2.37. The third kappa shape index (κ3) is 2.65. The maximum Gasteiger partial charge on any atom is 0.168 e. The lowest BCUT2D eigenvalue weighted by Crippen LogP contribution is -2.45. The van der Waals surface area contributed by atoms with E-state index in [0.29, 0.717) is 0 Å². The summed E-state index contributed by atoms with van der Waals surface area (Å²) in [7, 11) is 0. The zero-order chi connectivity index (χ0) is 11.6. The quantitative estimate of drug-likeness (QED) is 0.740. The Morgan fingerprint density at radius 3 is 2.53 bits per heavy atom. The Hall–Kier alpha value is -0.160. The van der Waals surface area contributed by atoms with E-state index in [1.54, 1.807) is 0 Å². The van der Waals surface area contributed by atoms with Crippen LogP contribution in [0.2, 0.25) is 0 Å². The predicted molar refractivity (Wildman–Crippen MR) is 66.0 cm³/mol. The minimum atomic E-state index is -0.194. The fourth-order valence-corrected chi connectivity index (χ4v) is 3.42. The highest BCUT2D eigenvalue weighted by atomic mass is 16.7. The number of ether oxygens (including phenoxy) is 2. The molecule has 2 aliphatic heterocycles. The molecule has 0 aromatic carbocycles. The molecule has 3 rings (SSSR count). The standard InChI is InChI=1S/C13H24N2O2/c1-6-14-7-9-15(8-1)12-2-4-13(5-3-12)16-10-11-17-13/h12,14H,1-11H2. The summed E-state index contributed by atoms with van der Waals surface area (Å²) in [6.45, 7) is 6.37. The van der Waals surface area contributed by atoms with Gasteiger partial charge in [0.05, 0.1) is 13.2 Å². The van der Waals surface area contributed by atoms with Gasteiger partial charge in [0.1, 0.15) is 0 Å². The molecule has 0 amide bonds. The maximum atomic E-state index is 5.79. The van der Waals surface area contributed by atoms with Crippen molar-refractivity contribution >= 4 is 0 Å². The molecule has 1 aliphatic carbocycles. The molecule has 2 heterocycles. The largest absolute Gasteiger partial charge is 0.348 e. The Kier molecular flexibility index (Phi) is 3.66. The summed E-state index contributed by atoms with van der Waals surface area (Å²) in [4.78, 5) is 2.67. The van der Waals surface area contributed by atoms with Gasteiger partial charge in [0.15, 0.2) is 5.79 Å². The van der Waals surface area contributed by atoms with Gasteiger partial charge in [-0.05, 0) is 32.4 Å². The first kappa shape index (κ1) is 11.9. The van der Waals surface area contributed by atoms with Crippen LogP contribution < -0.4 is 5.32 Å². The molecule has 3 aliphatic rings. The van der Waals surface area contributed by atoms with Crippen molar-refractivity contribution in [3.63, 3.8) is 0 Å². The van der Waals surface area contributed by atoms with Crippen LogP contribution in [0.5, 0.6) is 0 Å². The number of nitrogens with zero attached hydrogens (tertiary/aromatic N) is 1. The molecule has 0 atom stereocenters. The minimum absolute atomic E-state index is 0.194. The molecular weight excluding hydrogens is 216 g/mol. The van der Waals surface area contributed by atoms with E-state index in [1.165, 1.54) is 38.9 Å². The smallest absolute Gasteiger partial charge is 0.168 e. The van der Waals surface area contributed by atoms with E-state index in [1.807, 2.05) is 0 Å². The van der Waals surface area contributed by atoms with Crippen molar-refractivity contribution in [3.8, 4) is 0 Å². The van der Waals surface area contributed by atoms with E-state index in [-0.39, 0.29) is 5.79 Å². The maximum absolute atomic E-state index is 5.79. The van der Waals surface area contributed by atoms with Crippen molar-refractivity contribution in [2.45, 2.75) is 43.9 Å². The van der Waals surface area contributed by atoms with Crippen LogP contribution in [-0.2, 0) is 9.47 Å². The normalized spacial score (nSPS) is 31.8. The summed E-state index contributed by atoms with van der Waals surface area (Å²) in [6.07, 6.45) is 5.93. The third-order valence-electron chi connectivity index (χ3n) is 4.42. The molecule has 1 N–H and O–H groups in total. The molecule has 3 fully saturated rings. The molecule has 0 aromatic heterocycles. The van der Waals surface area contributed by atoms with E-state index < -0.39 is 0 Å². The molecule has 17 heavy (non-hydrogen) atoms. The second kappa shape index (κ2) is 5.22. The molecule has 2 saturated heterocycles. The molecule has 4 heteroatoms. The second-order valence-corrected chi connectivity index (χ2v) is 5.48. The zero-order valence-corrected chi connectivity index (χ0v) is 10.6. The highest BCUT2D eigenvalue weighted by Gasteiger charge is 2.41. The Bertz CT molecular complexity index is 236. The summed E-state index contributed by atoms with van der Waals surface area (Å²) >= 11 is 0. The van der Waals surface area contributed by atoms with Crippen LogP contribution in [0.4, 0.5) is 0 Å². The van der Waals surface area contributed by atoms with Gasteiger partial charge < -0.3 is 14.8 Å². The zero-order valence-electron chi connectivity index (χ0n) is 10.6. The van der Waals surface area contributed by atoms with Crippen LogP contribution in [-0.4, -0.2) is 56.1 Å². The Morgan fingerprint density at radius 2 is 1.76 bits per heavy atom. The molecule has 0 bridgehead atoms. The number of hydrogen-bond donors (Lipinski definition) is 1. The topological polar surface area (TPSA) is 33.7 Å². The highest BCUT2D eigenvalue weighted by molar-refractivity contribution is 4.87. The van der Waals surface area contributed by atoms with Crippen LogP contribution in [0.25, 0.3) is 0 Å². The van der Waals surface area contributed by atoms with Crippen molar-refractivity contribution in [2.24, 2.45) is 0 Å². The van der Waals surface area contributed by atoms with E-state index in [0.717, 1.165) is 38.6 Å². The van der Waals surface area contributed by atoms with Crippen molar-refractivity contribution < 1.29 is 9.47 Å². The molecule has 0 unspecified atom stereocenters. The van der Waals surface area contributed by atoms with Gasteiger partial charge in [-0.1, -0.05) is 0 Å². The summed E-state index contributed by atoms with van der Waals surface area (Å²) in [5.74, 6) is -0.194. The van der Waals surface area contributed by atoms with Crippen molar-refractivity contribution in [1.29, 1.82) is 0 Å². The summed E-state index contributed by atoms with van der Waals surface area (Å²) < 4.78 is 11.6. The Morgan fingerprint density at radius 1 is 1.00 bits per heavy atom. The Labute approximate surface area is 104 Å². The first-order valence-corrected chi connectivity index (χ1v) is 7.11. The lowest BCUT2D eigenvalue weighted by atomic mass is 9.89. The average Bonchev–Trinajstić information content (AvgIpc) is 2.65. The first-order valence-electron chi connectivity index (χ1n) is 7.11. The van der Waals surface area contributed by atoms with Crippen LogP contribution in [0.3, 0.4) is 0 Å². The molecule has 4 nitrogen and oxygen atoms in total. The molecule has 0 radical (unpaired) electrons. The van der Waals surface area contributed by atoms with Gasteiger partial charge in [-0.15, -0.1) is 0 Å². The van der Waals surface area contributed by atoms with E-state index >= 15 is 0 Å². The van der Waals surface area contributed by atoms with Crippen molar-refractivity contribution in [1.82, 2.24) is 10.2 Å². The Balaban J connectivity index is 1.53. The fraction of sp³-hybridized carbons (Fsp3) is 1.00. The lowest BCUT2D eigenvalue weighted by Gasteiger charge is -2.40. The van der Waals surface area contributed by atoms with Gasteiger partial charge >= 0.3 is 0 Å². The van der Waals surface area contributed by atoms with Crippen molar-refractivity contribution in [3.05, 3.63) is 0 Å². The van der Waals surface area contributed by atoms with Crippen molar-refractivity contribution in [2.75, 3.05) is 39.4 Å². The van der Waals surface area contributed by atoms with Gasteiger partial charge in [0, 0.05) is 32.0 Å². The van der Waals surface area contributed by atoms with Gasteiger partial charge in [-0.2, -0.15) is 0 Å². The summed E-state index contributed by atoms with van der Waals surface area (Å²) in [6, 6.07) is 0.758. The van der Waals surface area contributed by atoms with E-state index in [9.17, 15) is 0 Å². The van der Waals surface area contributed by atoms with E-state index in [4.69, 9.17) is 9.47 Å². The second-order valence-electron chi connectivity index (χ2n) is 5.48. The number of rotatable bonds is 1. The predicted octanol–water partition coefficient (Wildman–Crippen LogP) is 0.967. The van der Waals surface area contributed by atoms with Crippen LogP contribution in [0.1, 0.15) is 32.1 Å². The van der Waals surface area contributed by atoms with Gasteiger partial charge in [-0.25, -0.2) is 0 Å². The molecule has 1 saturated carbocycles. The van der Waals surface area contributed by atoms with Crippen LogP contribution >= 0.6 is 0 Å². The fourth-order valence-electron chi connectivity index (χ4n) is 3.42. The summed E-state index contributed by atoms with van der Waals surface area (Å²) in [5.41, 5.74) is 0. The molecular formula is C13H24N2O2. The number of hydrogen-bond acceptors (Lipinski definition) is 4. The minimum Gasteiger partial charge on any atom is -0.348 e. The number of nitrogens with one attached hydrogen (secondary N) is 1. The SMILES string of the molecule is C1CNCCN(C2CCC3(CC2)OCCO3)C1. The molecule has 98 valence electrons.